The third kappa shape index (κ3) is 2.57. The van der Waals surface area contributed by atoms with E-state index in [0.29, 0.717) is 11.8 Å². The highest BCUT2D eigenvalue weighted by Crippen LogP contribution is 2.24. The second kappa shape index (κ2) is 5.77. The van der Waals surface area contributed by atoms with Crippen LogP contribution >= 0.6 is 0 Å². The van der Waals surface area contributed by atoms with Gasteiger partial charge in [0.25, 0.3) is 5.78 Å². The van der Waals surface area contributed by atoms with E-state index in [1.807, 2.05) is 24.9 Å². The highest BCUT2D eigenvalue weighted by molar-refractivity contribution is 5.53. The molecule has 1 atom stereocenters. The second-order valence-electron chi connectivity index (χ2n) is 6.44. The molecule has 0 radical (unpaired) electrons. The minimum Gasteiger partial charge on any atom is -0.367 e. The summed E-state index contributed by atoms with van der Waals surface area (Å²) in [4.78, 5) is 11.1. The number of anilines is 2. The van der Waals surface area contributed by atoms with Crippen molar-refractivity contribution in [3.05, 3.63) is 30.0 Å². The fourth-order valence-electron chi connectivity index (χ4n) is 3.30. The van der Waals surface area contributed by atoms with Crippen LogP contribution in [0.15, 0.2) is 18.7 Å². The summed E-state index contributed by atoms with van der Waals surface area (Å²) in [6, 6.07) is 0.354. The lowest BCUT2D eigenvalue weighted by molar-refractivity contribution is 0.527. The van der Waals surface area contributed by atoms with Crippen molar-refractivity contribution in [1.82, 2.24) is 29.4 Å². The normalized spacial score (nSPS) is 18.3. The summed E-state index contributed by atoms with van der Waals surface area (Å²) in [6.45, 7) is 6.10. The third-order valence-electron chi connectivity index (χ3n) is 4.73. The van der Waals surface area contributed by atoms with Gasteiger partial charge in [-0.15, -0.1) is 0 Å². The number of piperidine rings is 1. The quantitative estimate of drug-likeness (QED) is 0.787. The van der Waals surface area contributed by atoms with Gasteiger partial charge in [0.05, 0.1) is 11.9 Å². The lowest BCUT2D eigenvalue weighted by Gasteiger charge is -2.34. The van der Waals surface area contributed by atoms with Gasteiger partial charge in [-0.05, 0) is 26.7 Å². The van der Waals surface area contributed by atoms with Gasteiger partial charge in [-0.1, -0.05) is 0 Å². The van der Waals surface area contributed by atoms with Gasteiger partial charge in [0.1, 0.15) is 12.1 Å². The molecule has 3 aromatic heterocycles. The van der Waals surface area contributed by atoms with Gasteiger partial charge in [-0.25, -0.2) is 4.98 Å². The number of nitrogens with zero attached hydrogens (tertiary/aromatic N) is 7. The van der Waals surface area contributed by atoms with Crippen LogP contribution in [0.25, 0.3) is 5.78 Å². The molecule has 1 fully saturated rings. The summed E-state index contributed by atoms with van der Waals surface area (Å²) in [5.74, 6) is 1.63. The molecule has 4 rings (SSSR count). The molecule has 0 amide bonds. The molecule has 0 spiro atoms. The van der Waals surface area contributed by atoms with Gasteiger partial charge < -0.3 is 10.2 Å². The van der Waals surface area contributed by atoms with Crippen molar-refractivity contribution in [3.63, 3.8) is 0 Å². The van der Waals surface area contributed by atoms with Gasteiger partial charge in [0.15, 0.2) is 0 Å². The Labute approximate surface area is 140 Å². The highest BCUT2D eigenvalue weighted by atomic mass is 15.4. The third-order valence-corrected chi connectivity index (χ3v) is 4.73. The molecule has 1 N–H and O–H groups in total. The summed E-state index contributed by atoms with van der Waals surface area (Å²) in [6.07, 6.45) is 7.83. The summed E-state index contributed by atoms with van der Waals surface area (Å²) < 4.78 is 3.65. The summed E-state index contributed by atoms with van der Waals surface area (Å²) >= 11 is 0. The SMILES string of the molecule is Cc1nc2ncnn2c(NC2CCCN(c3cnn(C)c3)C2)c1C. The molecule has 4 heterocycles. The number of aromatic nitrogens is 6. The monoisotopic (exact) mass is 326 g/mol. The molecule has 0 bridgehead atoms. The zero-order valence-electron chi connectivity index (χ0n) is 14.3. The number of aryl methyl sites for hydroxylation is 2. The maximum atomic E-state index is 4.48. The first-order chi connectivity index (χ1) is 11.6. The molecule has 24 heavy (non-hydrogen) atoms. The Morgan fingerprint density at radius 3 is 2.92 bits per heavy atom. The Kier molecular flexibility index (Phi) is 3.59. The maximum Gasteiger partial charge on any atom is 0.254 e. The Morgan fingerprint density at radius 1 is 1.25 bits per heavy atom. The molecule has 1 unspecified atom stereocenters. The van der Waals surface area contributed by atoms with Crippen molar-refractivity contribution in [3.8, 4) is 0 Å². The number of hydrogen-bond acceptors (Lipinski definition) is 6. The Bertz CT molecular complexity index is 864. The molecule has 1 aliphatic rings. The van der Waals surface area contributed by atoms with Crippen LogP contribution in [-0.2, 0) is 7.05 Å². The molecular weight excluding hydrogens is 304 g/mol. The van der Waals surface area contributed by atoms with Crippen molar-refractivity contribution in [2.45, 2.75) is 32.7 Å². The van der Waals surface area contributed by atoms with Crippen molar-refractivity contribution in [2.24, 2.45) is 7.05 Å². The standard InChI is InChI=1S/C16H22N8/c1-11-12(2)20-16-17-10-19-24(16)15(11)21-13-5-4-6-23(8-13)14-7-18-22(3)9-14/h7,9-10,13,21H,4-6,8H2,1-3H3. The maximum absolute atomic E-state index is 4.48. The topological polar surface area (TPSA) is 76.2 Å². The van der Waals surface area contributed by atoms with E-state index in [9.17, 15) is 0 Å². The van der Waals surface area contributed by atoms with Crippen LogP contribution in [0, 0.1) is 13.8 Å². The zero-order valence-corrected chi connectivity index (χ0v) is 14.3. The van der Waals surface area contributed by atoms with E-state index in [1.54, 1.807) is 10.8 Å². The smallest absolute Gasteiger partial charge is 0.254 e. The molecule has 8 nitrogen and oxygen atoms in total. The van der Waals surface area contributed by atoms with Crippen LogP contribution in [0.3, 0.4) is 0 Å². The lowest BCUT2D eigenvalue weighted by Crippen LogP contribution is -2.42. The fourth-order valence-corrected chi connectivity index (χ4v) is 3.30. The van der Waals surface area contributed by atoms with E-state index in [-0.39, 0.29) is 0 Å². The van der Waals surface area contributed by atoms with E-state index in [2.05, 4.69) is 43.5 Å². The van der Waals surface area contributed by atoms with E-state index in [0.717, 1.165) is 43.0 Å². The van der Waals surface area contributed by atoms with Crippen LogP contribution in [0.2, 0.25) is 0 Å². The minimum atomic E-state index is 0.354. The van der Waals surface area contributed by atoms with E-state index in [4.69, 9.17) is 0 Å². The minimum absolute atomic E-state index is 0.354. The lowest BCUT2D eigenvalue weighted by atomic mass is 10.0. The molecule has 3 aromatic rings. The van der Waals surface area contributed by atoms with Crippen LogP contribution < -0.4 is 10.2 Å². The van der Waals surface area contributed by atoms with E-state index in [1.165, 1.54) is 5.69 Å². The van der Waals surface area contributed by atoms with E-state index < -0.39 is 0 Å². The molecule has 0 aliphatic carbocycles. The van der Waals surface area contributed by atoms with Crippen LogP contribution in [0.5, 0.6) is 0 Å². The molecule has 8 heteroatoms. The highest BCUT2D eigenvalue weighted by Gasteiger charge is 2.23. The average Bonchev–Trinajstić information content (AvgIpc) is 3.21. The molecular formula is C16H22N8. The summed E-state index contributed by atoms with van der Waals surface area (Å²) in [5.41, 5.74) is 3.28. The Morgan fingerprint density at radius 2 is 2.12 bits per heavy atom. The first-order valence-electron chi connectivity index (χ1n) is 8.29. The summed E-state index contributed by atoms with van der Waals surface area (Å²) in [7, 11) is 1.95. The first kappa shape index (κ1) is 14.9. The van der Waals surface area contributed by atoms with Crippen molar-refractivity contribution < 1.29 is 0 Å². The molecule has 0 saturated carbocycles. The number of fused-ring (bicyclic) bond motifs is 1. The van der Waals surface area contributed by atoms with Crippen molar-refractivity contribution in [1.29, 1.82) is 0 Å². The number of rotatable bonds is 3. The molecule has 1 saturated heterocycles. The van der Waals surface area contributed by atoms with Crippen molar-refractivity contribution >= 4 is 17.3 Å². The van der Waals surface area contributed by atoms with Crippen LogP contribution in [0.4, 0.5) is 11.5 Å². The van der Waals surface area contributed by atoms with Gasteiger partial charge in [0.2, 0.25) is 0 Å². The van der Waals surface area contributed by atoms with Gasteiger partial charge in [-0.3, -0.25) is 4.68 Å². The molecule has 0 aromatic carbocycles. The number of nitrogens with one attached hydrogen (secondary N) is 1. The largest absolute Gasteiger partial charge is 0.367 e. The van der Waals surface area contributed by atoms with Crippen LogP contribution in [0.1, 0.15) is 24.1 Å². The predicted octanol–water partition coefficient (Wildman–Crippen LogP) is 1.56. The zero-order chi connectivity index (χ0) is 16.7. The average molecular weight is 326 g/mol. The van der Waals surface area contributed by atoms with Gasteiger partial charge in [0, 0.05) is 43.6 Å². The Balaban J connectivity index is 1.59. The Hall–Kier alpha value is -2.64. The fraction of sp³-hybridized carbons (Fsp3) is 0.500. The van der Waals surface area contributed by atoms with Gasteiger partial charge >= 0.3 is 0 Å². The molecule has 1 aliphatic heterocycles. The van der Waals surface area contributed by atoms with E-state index >= 15 is 0 Å². The van der Waals surface area contributed by atoms with Crippen LogP contribution in [-0.4, -0.2) is 48.5 Å². The first-order valence-corrected chi connectivity index (χ1v) is 8.29. The predicted molar refractivity (Wildman–Crippen MR) is 92.3 cm³/mol. The number of hydrogen-bond donors (Lipinski definition) is 1. The molecule has 126 valence electrons. The van der Waals surface area contributed by atoms with Gasteiger partial charge in [-0.2, -0.15) is 19.7 Å². The second-order valence-corrected chi connectivity index (χ2v) is 6.44. The summed E-state index contributed by atoms with van der Waals surface area (Å²) in [5, 5.41) is 12.3. The van der Waals surface area contributed by atoms with Crippen molar-refractivity contribution in [2.75, 3.05) is 23.3 Å².